The highest BCUT2D eigenvalue weighted by Crippen LogP contribution is 2.44. The molecular formula is C10H16O4. The molecule has 0 spiro atoms. The van der Waals surface area contributed by atoms with E-state index in [1.807, 2.05) is 6.92 Å². The van der Waals surface area contributed by atoms with E-state index >= 15 is 0 Å². The van der Waals surface area contributed by atoms with Crippen LogP contribution in [0.25, 0.3) is 0 Å². The van der Waals surface area contributed by atoms with Gasteiger partial charge >= 0.3 is 5.97 Å². The maximum absolute atomic E-state index is 11.3. The van der Waals surface area contributed by atoms with Crippen molar-refractivity contribution >= 4 is 5.97 Å². The van der Waals surface area contributed by atoms with Crippen molar-refractivity contribution in [2.45, 2.75) is 19.4 Å². The number of rotatable bonds is 1. The molecule has 1 heterocycles. The van der Waals surface area contributed by atoms with Gasteiger partial charge < -0.3 is 14.9 Å². The summed E-state index contributed by atoms with van der Waals surface area (Å²) in [4.78, 5) is 11.3. The number of fused-ring (bicyclic) bond motifs is 1. The van der Waals surface area contributed by atoms with Gasteiger partial charge in [-0.2, -0.15) is 0 Å². The van der Waals surface area contributed by atoms with E-state index in [4.69, 9.17) is 9.84 Å². The number of carbonyl (C=O) groups is 1. The minimum atomic E-state index is -0.423. The van der Waals surface area contributed by atoms with Crippen LogP contribution in [0.5, 0.6) is 0 Å². The molecule has 0 aromatic heterocycles. The summed E-state index contributed by atoms with van der Waals surface area (Å²) in [5.74, 6) is -0.239. The van der Waals surface area contributed by atoms with Crippen molar-refractivity contribution in [1.82, 2.24) is 0 Å². The van der Waals surface area contributed by atoms with Crippen LogP contribution in [-0.2, 0) is 9.53 Å². The second-order valence-corrected chi connectivity index (χ2v) is 4.41. The Bertz CT molecular complexity index is 240. The zero-order valence-electron chi connectivity index (χ0n) is 8.22. The minimum Gasteiger partial charge on any atom is -0.465 e. The molecule has 1 saturated carbocycles. The van der Waals surface area contributed by atoms with Crippen molar-refractivity contribution in [2.75, 3.05) is 13.2 Å². The zero-order valence-corrected chi connectivity index (χ0v) is 8.22. The Morgan fingerprint density at radius 1 is 1.50 bits per heavy atom. The smallest absolute Gasteiger partial charge is 0.311 e. The van der Waals surface area contributed by atoms with Crippen LogP contribution in [0.15, 0.2) is 0 Å². The fraction of sp³-hybridized carbons (Fsp3) is 0.900. The third kappa shape index (κ3) is 1.33. The number of aliphatic hydroxyl groups excluding tert-OH is 2. The van der Waals surface area contributed by atoms with Gasteiger partial charge in [-0.15, -0.1) is 0 Å². The molecule has 0 aromatic rings. The number of hydrogen-bond donors (Lipinski definition) is 2. The average molecular weight is 200 g/mol. The summed E-state index contributed by atoms with van der Waals surface area (Å²) >= 11 is 0. The highest BCUT2D eigenvalue weighted by atomic mass is 16.5. The lowest BCUT2D eigenvalue weighted by molar-refractivity contribution is -0.163. The van der Waals surface area contributed by atoms with Crippen LogP contribution in [-0.4, -0.2) is 35.5 Å². The predicted octanol–water partition coefficient (Wildman–Crippen LogP) is -0.215. The molecule has 14 heavy (non-hydrogen) atoms. The Labute approximate surface area is 82.9 Å². The summed E-state index contributed by atoms with van der Waals surface area (Å²) in [7, 11) is 0. The highest BCUT2D eigenvalue weighted by molar-refractivity contribution is 5.73. The van der Waals surface area contributed by atoms with Crippen molar-refractivity contribution in [3.05, 3.63) is 0 Å². The van der Waals surface area contributed by atoms with Gasteiger partial charge in [-0.05, 0) is 18.3 Å². The van der Waals surface area contributed by atoms with Crippen molar-refractivity contribution in [2.24, 2.45) is 23.7 Å². The number of cyclic esters (lactones) is 1. The molecule has 0 amide bonds. The number of ether oxygens (including phenoxy) is 1. The lowest BCUT2D eigenvalue weighted by Crippen LogP contribution is -2.40. The van der Waals surface area contributed by atoms with E-state index in [9.17, 15) is 9.90 Å². The fourth-order valence-electron chi connectivity index (χ4n) is 2.75. The van der Waals surface area contributed by atoms with Crippen LogP contribution in [0.4, 0.5) is 0 Å². The third-order valence-electron chi connectivity index (χ3n) is 3.78. The van der Waals surface area contributed by atoms with E-state index < -0.39 is 5.92 Å². The summed E-state index contributed by atoms with van der Waals surface area (Å²) in [6, 6.07) is 0. The Morgan fingerprint density at radius 2 is 2.21 bits per heavy atom. The fourth-order valence-corrected chi connectivity index (χ4v) is 2.75. The monoisotopic (exact) mass is 200 g/mol. The van der Waals surface area contributed by atoms with Gasteiger partial charge in [0.2, 0.25) is 0 Å². The Hall–Kier alpha value is -0.610. The van der Waals surface area contributed by atoms with Crippen LogP contribution in [0, 0.1) is 23.7 Å². The van der Waals surface area contributed by atoms with Gasteiger partial charge in [-0.25, -0.2) is 0 Å². The van der Waals surface area contributed by atoms with Crippen LogP contribution >= 0.6 is 0 Å². The first-order chi connectivity index (χ1) is 6.65. The summed E-state index contributed by atoms with van der Waals surface area (Å²) in [5, 5.41) is 18.8. The third-order valence-corrected chi connectivity index (χ3v) is 3.78. The van der Waals surface area contributed by atoms with Crippen molar-refractivity contribution < 1.29 is 19.7 Å². The molecule has 0 bridgehead atoms. The van der Waals surface area contributed by atoms with E-state index in [2.05, 4.69) is 0 Å². The molecule has 2 unspecified atom stereocenters. The van der Waals surface area contributed by atoms with Gasteiger partial charge in [0.1, 0.15) is 0 Å². The first kappa shape index (κ1) is 9.93. The van der Waals surface area contributed by atoms with Crippen molar-refractivity contribution in [3.8, 4) is 0 Å². The Kier molecular flexibility index (Phi) is 2.49. The number of hydrogen-bond acceptors (Lipinski definition) is 4. The van der Waals surface area contributed by atoms with Crippen molar-refractivity contribution in [3.63, 3.8) is 0 Å². The second kappa shape index (κ2) is 3.51. The van der Waals surface area contributed by atoms with E-state index in [-0.39, 0.29) is 36.4 Å². The molecule has 1 aliphatic heterocycles. The first-order valence-corrected chi connectivity index (χ1v) is 5.10. The van der Waals surface area contributed by atoms with Crippen LogP contribution in [0.2, 0.25) is 0 Å². The molecular weight excluding hydrogens is 184 g/mol. The van der Waals surface area contributed by atoms with Gasteiger partial charge in [-0.1, -0.05) is 6.92 Å². The predicted molar refractivity (Wildman–Crippen MR) is 48.3 cm³/mol. The second-order valence-electron chi connectivity index (χ2n) is 4.41. The van der Waals surface area contributed by atoms with E-state index in [1.54, 1.807) is 0 Å². The van der Waals surface area contributed by atoms with Gasteiger partial charge in [0, 0.05) is 5.92 Å². The quantitative estimate of drug-likeness (QED) is 0.574. The Balaban J connectivity index is 2.17. The average Bonchev–Trinajstić information content (AvgIpc) is 2.43. The largest absolute Gasteiger partial charge is 0.465 e. The molecule has 0 aromatic carbocycles. The van der Waals surface area contributed by atoms with Gasteiger partial charge in [-0.3, -0.25) is 4.79 Å². The normalized spacial score (nSPS) is 47.4. The van der Waals surface area contributed by atoms with E-state index in [0.29, 0.717) is 13.0 Å². The van der Waals surface area contributed by atoms with Crippen LogP contribution in [0.1, 0.15) is 13.3 Å². The molecule has 1 aliphatic carbocycles. The van der Waals surface area contributed by atoms with Gasteiger partial charge in [0.05, 0.1) is 25.2 Å². The first-order valence-electron chi connectivity index (χ1n) is 5.10. The SMILES string of the molecule is C[C@H]1C2COC(=O)[C@@H](CO)C2C[C@@H]1O. The molecule has 0 radical (unpaired) electrons. The lowest BCUT2D eigenvalue weighted by atomic mass is 9.80. The summed E-state index contributed by atoms with van der Waals surface area (Å²) in [6.07, 6.45) is 0.264. The van der Waals surface area contributed by atoms with Gasteiger partial charge in [0.25, 0.3) is 0 Å². The Morgan fingerprint density at radius 3 is 2.86 bits per heavy atom. The number of carbonyl (C=O) groups excluding carboxylic acids is 1. The molecule has 5 atom stereocenters. The van der Waals surface area contributed by atoms with Crippen molar-refractivity contribution in [1.29, 1.82) is 0 Å². The molecule has 2 fully saturated rings. The standard InChI is InChI=1S/C10H16O4/c1-5-8-4-14-10(13)7(3-11)6(8)2-9(5)12/h5-9,11-12H,2-4H2,1H3/t5-,6?,7-,8?,9-/m0/s1. The summed E-state index contributed by atoms with van der Waals surface area (Å²) < 4.78 is 5.00. The van der Waals surface area contributed by atoms with Crippen LogP contribution in [0.3, 0.4) is 0 Å². The molecule has 2 N–H and O–H groups in total. The van der Waals surface area contributed by atoms with Gasteiger partial charge in [0.15, 0.2) is 0 Å². The zero-order chi connectivity index (χ0) is 10.3. The summed E-state index contributed by atoms with van der Waals surface area (Å²) in [6.45, 7) is 2.21. The number of aliphatic hydroxyl groups is 2. The maximum Gasteiger partial charge on any atom is 0.311 e. The molecule has 2 aliphatic rings. The molecule has 1 saturated heterocycles. The molecule has 4 heteroatoms. The van der Waals surface area contributed by atoms with E-state index in [1.165, 1.54) is 0 Å². The molecule has 80 valence electrons. The highest BCUT2D eigenvalue weighted by Gasteiger charge is 2.49. The molecule has 2 rings (SSSR count). The van der Waals surface area contributed by atoms with E-state index in [0.717, 1.165) is 0 Å². The topological polar surface area (TPSA) is 66.8 Å². The maximum atomic E-state index is 11.3. The minimum absolute atomic E-state index is 0.103. The van der Waals surface area contributed by atoms with Crippen LogP contribution < -0.4 is 0 Å². The number of esters is 1. The summed E-state index contributed by atoms with van der Waals surface area (Å²) in [5.41, 5.74) is 0. The molecule has 4 nitrogen and oxygen atoms in total. The lowest BCUT2D eigenvalue weighted by Gasteiger charge is -2.32.